The SMILES string of the molecule is CC(C)(C)OC(=O)N1CCC[C@H]2[C@H](C(=O)OCCl)[C@H]21. The summed E-state index contributed by atoms with van der Waals surface area (Å²) in [4.78, 5) is 25.5. The average Bonchev–Trinajstić information content (AvgIpc) is 3.00. The van der Waals surface area contributed by atoms with Crippen LogP contribution in [0.3, 0.4) is 0 Å². The zero-order chi connectivity index (χ0) is 14.2. The molecule has 0 aromatic carbocycles. The molecule has 6 heteroatoms. The third-order valence-corrected chi connectivity index (χ3v) is 3.63. The largest absolute Gasteiger partial charge is 0.449 e. The highest BCUT2D eigenvalue weighted by atomic mass is 35.5. The first-order chi connectivity index (χ1) is 8.85. The van der Waals surface area contributed by atoms with Crippen molar-refractivity contribution < 1.29 is 19.1 Å². The van der Waals surface area contributed by atoms with Crippen molar-refractivity contribution in [2.24, 2.45) is 11.8 Å². The van der Waals surface area contributed by atoms with Crippen LogP contribution < -0.4 is 0 Å². The molecule has 3 atom stereocenters. The molecule has 19 heavy (non-hydrogen) atoms. The van der Waals surface area contributed by atoms with Crippen LogP contribution in [0.4, 0.5) is 4.79 Å². The summed E-state index contributed by atoms with van der Waals surface area (Å²) in [6.45, 7) is 6.14. The minimum atomic E-state index is -0.523. The van der Waals surface area contributed by atoms with Crippen LogP contribution in [-0.2, 0) is 14.3 Å². The maximum Gasteiger partial charge on any atom is 0.410 e. The van der Waals surface area contributed by atoms with E-state index in [0.717, 1.165) is 12.8 Å². The zero-order valence-corrected chi connectivity index (χ0v) is 12.3. The number of halogens is 1. The second-order valence-electron chi connectivity index (χ2n) is 6.07. The molecule has 1 amide bonds. The van der Waals surface area contributed by atoms with Gasteiger partial charge in [-0.05, 0) is 39.5 Å². The highest BCUT2D eigenvalue weighted by molar-refractivity contribution is 6.17. The Hall–Kier alpha value is -0.970. The lowest BCUT2D eigenvalue weighted by Gasteiger charge is -2.29. The van der Waals surface area contributed by atoms with Crippen LogP contribution in [0.15, 0.2) is 0 Å². The van der Waals surface area contributed by atoms with Gasteiger partial charge in [-0.25, -0.2) is 4.79 Å². The van der Waals surface area contributed by atoms with Crippen molar-refractivity contribution >= 4 is 23.7 Å². The Labute approximate surface area is 118 Å². The molecule has 1 aliphatic heterocycles. The summed E-state index contributed by atoms with van der Waals surface area (Å²) in [6.07, 6.45) is 1.50. The number of carbonyl (C=O) groups is 2. The number of piperidine rings is 1. The highest BCUT2D eigenvalue weighted by Gasteiger charge is 2.61. The lowest BCUT2D eigenvalue weighted by Crippen LogP contribution is -2.41. The van der Waals surface area contributed by atoms with Gasteiger partial charge in [0.2, 0.25) is 0 Å². The van der Waals surface area contributed by atoms with Crippen LogP contribution in [0.2, 0.25) is 0 Å². The molecule has 0 bridgehead atoms. The minimum absolute atomic E-state index is 0.0701. The van der Waals surface area contributed by atoms with Crippen molar-refractivity contribution in [1.29, 1.82) is 0 Å². The number of rotatable bonds is 2. The molecule has 1 heterocycles. The molecule has 2 fully saturated rings. The van der Waals surface area contributed by atoms with Crippen molar-refractivity contribution in [3.05, 3.63) is 0 Å². The molecule has 1 saturated carbocycles. The van der Waals surface area contributed by atoms with Gasteiger partial charge >= 0.3 is 12.1 Å². The van der Waals surface area contributed by atoms with Gasteiger partial charge in [0, 0.05) is 6.54 Å². The van der Waals surface area contributed by atoms with E-state index >= 15 is 0 Å². The van der Waals surface area contributed by atoms with Crippen LogP contribution in [0, 0.1) is 11.8 Å². The van der Waals surface area contributed by atoms with Gasteiger partial charge in [-0.1, -0.05) is 11.6 Å². The Morgan fingerprint density at radius 2 is 2.05 bits per heavy atom. The van der Waals surface area contributed by atoms with E-state index < -0.39 is 5.60 Å². The number of amides is 1. The lowest BCUT2D eigenvalue weighted by atomic mass is 10.1. The standard InChI is InChI=1S/C13H20ClNO4/c1-13(2,3)19-12(17)15-6-4-5-8-9(10(8)15)11(16)18-7-14/h8-10H,4-7H2,1-3H3/t8-,9-,10-/m0/s1. The predicted octanol–water partition coefficient (Wildman–Crippen LogP) is 2.37. The molecular weight excluding hydrogens is 270 g/mol. The third kappa shape index (κ3) is 3.14. The van der Waals surface area contributed by atoms with Crippen LogP contribution >= 0.6 is 11.6 Å². The lowest BCUT2D eigenvalue weighted by molar-refractivity contribution is -0.143. The topological polar surface area (TPSA) is 55.8 Å². The summed E-state index contributed by atoms with van der Waals surface area (Å²) in [5, 5.41) is 0. The van der Waals surface area contributed by atoms with Crippen molar-refractivity contribution in [2.45, 2.75) is 45.3 Å². The first-order valence-corrected chi connectivity index (χ1v) is 7.11. The number of hydrogen-bond donors (Lipinski definition) is 0. The Bertz CT molecular complexity index is 379. The van der Waals surface area contributed by atoms with E-state index in [1.807, 2.05) is 20.8 Å². The van der Waals surface area contributed by atoms with Gasteiger partial charge in [0.15, 0.2) is 6.07 Å². The Kier molecular flexibility index (Phi) is 3.95. The number of hydrogen-bond acceptors (Lipinski definition) is 4. The van der Waals surface area contributed by atoms with Crippen molar-refractivity contribution in [1.82, 2.24) is 4.90 Å². The zero-order valence-electron chi connectivity index (χ0n) is 11.5. The predicted molar refractivity (Wildman–Crippen MR) is 69.8 cm³/mol. The van der Waals surface area contributed by atoms with Gasteiger partial charge in [0.1, 0.15) is 5.60 Å². The first kappa shape index (κ1) is 14.4. The molecule has 0 N–H and O–H groups in total. The fraction of sp³-hybridized carbons (Fsp3) is 0.846. The molecule has 0 spiro atoms. The van der Waals surface area contributed by atoms with Gasteiger partial charge < -0.3 is 14.4 Å². The number of likely N-dealkylation sites (tertiary alicyclic amines) is 1. The smallest absolute Gasteiger partial charge is 0.410 e. The van der Waals surface area contributed by atoms with Gasteiger partial charge in [0.05, 0.1) is 12.0 Å². The first-order valence-electron chi connectivity index (χ1n) is 6.57. The van der Waals surface area contributed by atoms with Crippen molar-refractivity contribution in [2.75, 3.05) is 12.6 Å². The number of alkyl halides is 1. The van der Waals surface area contributed by atoms with Crippen molar-refractivity contribution in [3.8, 4) is 0 Å². The monoisotopic (exact) mass is 289 g/mol. The second-order valence-corrected chi connectivity index (χ2v) is 6.29. The normalized spacial score (nSPS) is 29.5. The van der Waals surface area contributed by atoms with E-state index in [0.29, 0.717) is 6.54 Å². The molecule has 0 aromatic rings. The Balaban J connectivity index is 1.99. The van der Waals surface area contributed by atoms with Crippen LogP contribution in [0.5, 0.6) is 0 Å². The summed E-state index contributed by atoms with van der Waals surface area (Å²) in [5.74, 6) is -0.328. The molecule has 1 saturated heterocycles. The van der Waals surface area contributed by atoms with Gasteiger partial charge in [-0.3, -0.25) is 4.79 Å². The average molecular weight is 290 g/mol. The number of esters is 1. The van der Waals surface area contributed by atoms with E-state index in [1.54, 1.807) is 4.90 Å². The minimum Gasteiger partial charge on any atom is -0.449 e. The van der Waals surface area contributed by atoms with Crippen LogP contribution in [-0.4, -0.2) is 41.2 Å². The highest BCUT2D eigenvalue weighted by Crippen LogP contribution is 2.50. The summed E-state index contributed by atoms with van der Waals surface area (Å²) < 4.78 is 10.2. The van der Waals surface area contributed by atoms with E-state index in [2.05, 4.69) is 0 Å². The van der Waals surface area contributed by atoms with E-state index in [1.165, 1.54) is 0 Å². The van der Waals surface area contributed by atoms with E-state index in [4.69, 9.17) is 21.1 Å². The van der Waals surface area contributed by atoms with E-state index in [-0.39, 0.29) is 36.0 Å². The molecule has 0 radical (unpaired) electrons. The molecule has 2 aliphatic rings. The maximum absolute atomic E-state index is 12.1. The molecular formula is C13H20ClNO4. The van der Waals surface area contributed by atoms with Gasteiger partial charge in [0.25, 0.3) is 0 Å². The quantitative estimate of drug-likeness (QED) is 0.578. The fourth-order valence-electron chi connectivity index (χ4n) is 2.78. The number of carbonyl (C=O) groups excluding carboxylic acids is 2. The van der Waals surface area contributed by atoms with Crippen molar-refractivity contribution in [3.63, 3.8) is 0 Å². The van der Waals surface area contributed by atoms with Crippen LogP contribution in [0.1, 0.15) is 33.6 Å². The maximum atomic E-state index is 12.1. The third-order valence-electron chi connectivity index (χ3n) is 3.52. The second kappa shape index (κ2) is 5.19. The number of ether oxygens (including phenoxy) is 2. The van der Waals surface area contributed by atoms with Crippen LogP contribution in [0.25, 0.3) is 0 Å². The molecule has 2 rings (SSSR count). The Morgan fingerprint density at radius 3 is 2.63 bits per heavy atom. The molecule has 0 unspecified atom stereocenters. The summed E-state index contributed by atoms with van der Waals surface area (Å²) in [5.41, 5.74) is -0.523. The van der Waals surface area contributed by atoms with Gasteiger partial charge in [-0.15, -0.1) is 0 Å². The molecule has 5 nitrogen and oxygen atoms in total. The molecule has 1 aliphatic carbocycles. The molecule has 0 aromatic heterocycles. The number of nitrogens with zero attached hydrogens (tertiary/aromatic N) is 1. The molecule has 108 valence electrons. The summed E-state index contributed by atoms with van der Waals surface area (Å²) >= 11 is 5.40. The Morgan fingerprint density at radius 1 is 1.37 bits per heavy atom. The fourth-order valence-corrected chi connectivity index (χ4v) is 2.88. The number of fused-ring (bicyclic) bond motifs is 1. The van der Waals surface area contributed by atoms with E-state index in [9.17, 15) is 9.59 Å². The summed E-state index contributed by atoms with van der Waals surface area (Å²) in [7, 11) is 0. The van der Waals surface area contributed by atoms with Gasteiger partial charge in [-0.2, -0.15) is 0 Å². The summed E-state index contributed by atoms with van der Waals surface area (Å²) in [6, 6.07) is -0.208.